The second-order valence-electron chi connectivity index (χ2n) is 7.94. The van der Waals surface area contributed by atoms with Crippen LogP contribution in [0.2, 0.25) is 0 Å². The summed E-state index contributed by atoms with van der Waals surface area (Å²) in [5.41, 5.74) is 9.17. The lowest BCUT2D eigenvalue weighted by atomic mass is 9.78. The van der Waals surface area contributed by atoms with Crippen LogP contribution in [0.25, 0.3) is 0 Å². The predicted molar refractivity (Wildman–Crippen MR) is 98.0 cm³/mol. The van der Waals surface area contributed by atoms with Gasteiger partial charge in [-0.15, -0.1) is 0 Å². The molecule has 0 saturated heterocycles. The Hall–Kier alpha value is -1.14. The van der Waals surface area contributed by atoms with Crippen molar-refractivity contribution in [2.24, 2.45) is 23.3 Å². The van der Waals surface area contributed by atoms with Crippen molar-refractivity contribution < 1.29 is 19.8 Å². The molecule has 0 aliphatic heterocycles. The minimum Gasteiger partial charge on any atom is -0.481 e. The zero-order valence-electron chi connectivity index (χ0n) is 15.4. The highest BCUT2D eigenvalue weighted by Crippen LogP contribution is 2.34. The van der Waals surface area contributed by atoms with Gasteiger partial charge in [-0.25, -0.2) is 0 Å². The predicted octanol–water partition coefficient (Wildman–Crippen LogP) is 3.48. The number of hydrogen-bond donors (Lipinski definition) is 4. The van der Waals surface area contributed by atoms with E-state index >= 15 is 0 Å². The van der Waals surface area contributed by atoms with E-state index in [9.17, 15) is 9.59 Å². The molecule has 0 atom stereocenters. The average molecular weight is 357 g/mol. The van der Waals surface area contributed by atoms with Gasteiger partial charge in [0.05, 0.1) is 12.1 Å². The van der Waals surface area contributed by atoms with E-state index in [1.165, 1.54) is 38.5 Å². The Kier molecular flexibility index (Phi) is 10.0. The molecule has 2 rings (SSSR count). The van der Waals surface area contributed by atoms with E-state index in [1.807, 2.05) is 0 Å². The first-order valence-electron chi connectivity index (χ1n) is 9.80. The number of nitrogens with two attached hydrogens (primary N) is 2. The maximum Gasteiger partial charge on any atom is 0.306 e. The van der Waals surface area contributed by atoms with Gasteiger partial charge >= 0.3 is 11.9 Å². The molecule has 6 nitrogen and oxygen atoms in total. The minimum atomic E-state index is -1.43. The topological polar surface area (TPSA) is 127 Å². The first-order chi connectivity index (χ1) is 11.8. The Morgan fingerprint density at radius 3 is 1.60 bits per heavy atom. The van der Waals surface area contributed by atoms with E-state index in [0.717, 1.165) is 11.8 Å². The second kappa shape index (κ2) is 11.5. The van der Waals surface area contributed by atoms with Gasteiger partial charge in [0.15, 0.2) is 0 Å². The fraction of sp³-hybridized carbons (Fsp3) is 0.895. The lowest BCUT2D eigenvalue weighted by Gasteiger charge is -2.28. The van der Waals surface area contributed by atoms with Gasteiger partial charge in [-0.1, -0.05) is 64.2 Å². The Morgan fingerprint density at radius 2 is 1.24 bits per heavy atom. The summed E-state index contributed by atoms with van der Waals surface area (Å²) < 4.78 is 0. The molecular weight excluding hydrogens is 320 g/mol. The molecule has 0 heterocycles. The highest BCUT2D eigenvalue weighted by atomic mass is 16.4. The SMILES string of the molecule is C1CCC(CC2CCCCC2)CC1.NC(N)(CCC(=O)O)CC(=O)O. The standard InChI is InChI=1S/C13H24.C6H12N2O4/c1-3-7-12(8-4-1)11-13-9-5-2-6-10-13;7-6(8,3-5(11)12)2-1-4(9)10/h12-13H,1-11H2;1-3,7-8H2,(H,9,10)(H,11,12). The molecule has 2 saturated carbocycles. The average Bonchev–Trinajstić information content (AvgIpc) is 2.55. The van der Waals surface area contributed by atoms with Crippen LogP contribution in [0.4, 0.5) is 0 Å². The first-order valence-corrected chi connectivity index (χ1v) is 9.80. The number of carbonyl (C=O) groups is 2. The number of aliphatic carboxylic acids is 2. The summed E-state index contributed by atoms with van der Waals surface area (Å²) in [5.74, 6) is 0.0692. The summed E-state index contributed by atoms with van der Waals surface area (Å²) in [7, 11) is 0. The lowest BCUT2D eigenvalue weighted by Crippen LogP contribution is -2.51. The summed E-state index contributed by atoms with van der Waals surface area (Å²) in [6, 6.07) is 0. The minimum absolute atomic E-state index is 0.0470. The molecule has 0 aromatic heterocycles. The Balaban J connectivity index is 0.000000252. The molecule has 0 unspecified atom stereocenters. The van der Waals surface area contributed by atoms with Crippen LogP contribution in [0.5, 0.6) is 0 Å². The van der Waals surface area contributed by atoms with Gasteiger partial charge in [-0.3, -0.25) is 9.59 Å². The van der Waals surface area contributed by atoms with Crippen molar-refractivity contribution in [3.8, 4) is 0 Å². The zero-order valence-corrected chi connectivity index (χ0v) is 15.4. The van der Waals surface area contributed by atoms with E-state index in [1.54, 1.807) is 32.1 Å². The molecule has 0 amide bonds. The monoisotopic (exact) mass is 356 g/mol. The summed E-state index contributed by atoms with van der Waals surface area (Å²) in [5, 5.41) is 16.6. The molecule has 2 aliphatic rings. The van der Waals surface area contributed by atoms with E-state index in [4.69, 9.17) is 21.7 Å². The van der Waals surface area contributed by atoms with Gasteiger partial charge in [-0.05, 0) is 24.7 Å². The van der Waals surface area contributed by atoms with Crippen LogP contribution in [0, 0.1) is 11.8 Å². The van der Waals surface area contributed by atoms with Gasteiger partial charge in [-0.2, -0.15) is 0 Å². The first kappa shape index (κ1) is 21.9. The molecule has 0 spiro atoms. The Bertz CT molecular complexity index is 384. The number of hydrogen-bond acceptors (Lipinski definition) is 4. The van der Waals surface area contributed by atoms with Gasteiger partial charge in [0, 0.05) is 6.42 Å². The molecule has 0 bridgehead atoms. The fourth-order valence-electron chi connectivity index (χ4n) is 4.03. The molecule has 25 heavy (non-hydrogen) atoms. The van der Waals surface area contributed by atoms with E-state index in [2.05, 4.69) is 0 Å². The van der Waals surface area contributed by atoms with Crippen molar-refractivity contribution in [1.82, 2.24) is 0 Å². The number of carboxylic acids is 2. The van der Waals surface area contributed by atoms with Crippen molar-refractivity contribution in [2.45, 2.75) is 95.6 Å². The highest BCUT2D eigenvalue weighted by molar-refractivity contribution is 5.69. The molecule has 0 radical (unpaired) electrons. The normalized spacial score (nSPS) is 19.8. The third kappa shape index (κ3) is 11.2. The van der Waals surface area contributed by atoms with Crippen molar-refractivity contribution in [2.75, 3.05) is 0 Å². The summed E-state index contributed by atoms with van der Waals surface area (Å²) in [6.45, 7) is 0. The van der Waals surface area contributed by atoms with Gasteiger partial charge in [0.25, 0.3) is 0 Å². The van der Waals surface area contributed by atoms with Gasteiger partial charge < -0.3 is 21.7 Å². The molecular formula is C19H36N2O4. The molecule has 0 aromatic carbocycles. The molecule has 2 aliphatic carbocycles. The molecule has 146 valence electrons. The fourth-order valence-corrected chi connectivity index (χ4v) is 4.03. The molecule has 2 fully saturated rings. The van der Waals surface area contributed by atoms with Crippen LogP contribution in [-0.2, 0) is 9.59 Å². The highest BCUT2D eigenvalue weighted by Gasteiger charge is 2.23. The van der Waals surface area contributed by atoms with Crippen LogP contribution >= 0.6 is 0 Å². The zero-order chi connectivity index (χ0) is 18.7. The van der Waals surface area contributed by atoms with Crippen LogP contribution in [0.3, 0.4) is 0 Å². The molecule has 0 aromatic rings. The van der Waals surface area contributed by atoms with Gasteiger partial charge in [0.2, 0.25) is 0 Å². The van der Waals surface area contributed by atoms with Crippen LogP contribution in [0.15, 0.2) is 0 Å². The van der Waals surface area contributed by atoms with E-state index in [0.29, 0.717) is 0 Å². The van der Waals surface area contributed by atoms with Crippen molar-refractivity contribution in [3.63, 3.8) is 0 Å². The van der Waals surface area contributed by atoms with Crippen LogP contribution in [-0.4, -0.2) is 27.8 Å². The maximum absolute atomic E-state index is 10.2. The van der Waals surface area contributed by atoms with Crippen molar-refractivity contribution in [3.05, 3.63) is 0 Å². The number of carboxylic acid groups (broad SMARTS) is 2. The molecule has 6 N–H and O–H groups in total. The molecule has 6 heteroatoms. The van der Waals surface area contributed by atoms with E-state index < -0.39 is 24.0 Å². The second-order valence-corrected chi connectivity index (χ2v) is 7.94. The van der Waals surface area contributed by atoms with Crippen LogP contribution in [0.1, 0.15) is 89.9 Å². The lowest BCUT2D eigenvalue weighted by molar-refractivity contribution is -0.140. The Morgan fingerprint density at radius 1 is 0.800 bits per heavy atom. The van der Waals surface area contributed by atoms with Crippen molar-refractivity contribution >= 4 is 11.9 Å². The third-order valence-corrected chi connectivity index (χ3v) is 5.40. The summed E-state index contributed by atoms with van der Waals surface area (Å²) >= 11 is 0. The van der Waals surface area contributed by atoms with Gasteiger partial charge in [0.1, 0.15) is 0 Å². The number of rotatable bonds is 7. The largest absolute Gasteiger partial charge is 0.481 e. The maximum atomic E-state index is 10.2. The Labute approximate surface area is 151 Å². The summed E-state index contributed by atoms with van der Waals surface area (Å²) in [4.78, 5) is 20.2. The smallest absolute Gasteiger partial charge is 0.306 e. The van der Waals surface area contributed by atoms with Crippen LogP contribution < -0.4 is 11.5 Å². The third-order valence-electron chi connectivity index (χ3n) is 5.40. The summed E-state index contributed by atoms with van der Waals surface area (Å²) in [6.07, 6.45) is 16.2. The van der Waals surface area contributed by atoms with Crippen molar-refractivity contribution in [1.29, 1.82) is 0 Å². The van der Waals surface area contributed by atoms with E-state index in [-0.39, 0.29) is 12.8 Å². The quantitative estimate of drug-likeness (QED) is 0.517.